The molecule has 0 bridgehead atoms. The zero-order valence-electron chi connectivity index (χ0n) is 12.5. The van der Waals surface area contributed by atoms with E-state index < -0.39 is 0 Å². The molecule has 0 amide bonds. The minimum Gasteiger partial charge on any atom is -0.397 e. The van der Waals surface area contributed by atoms with Crippen LogP contribution < -0.4 is 21.8 Å². The number of anilines is 2. The molecular weight excluding hydrogens is 268 g/mol. The fraction of sp³-hybridized carbons (Fsp3) is 0.467. The van der Waals surface area contributed by atoms with Gasteiger partial charge in [0.15, 0.2) is 0 Å². The number of fused-ring (bicyclic) bond motifs is 1. The van der Waals surface area contributed by atoms with Gasteiger partial charge >= 0.3 is 0 Å². The van der Waals surface area contributed by atoms with Gasteiger partial charge in [0.25, 0.3) is 11.1 Å². The summed E-state index contributed by atoms with van der Waals surface area (Å²) in [5.74, 6) is 0. The molecule has 0 radical (unpaired) electrons. The predicted octanol–water partition coefficient (Wildman–Crippen LogP) is 1.82. The third kappa shape index (κ3) is 3.09. The number of aromatic amines is 2. The van der Waals surface area contributed by atoms with Crippen molar-refractivity contribution < 1.29 is 0 Å². The average molecular weight is 290 g/mol. The Morgan fingerprint density at radius 2 is 1.67 bits per heavy atom. The molecule has 0 saturated heterocycles. The number of H-pyrrole nitrogens is 2. The number of benzene rings is 1. The number of hydrogen-bond acceptors (Lipinski definition) is 4. The Bertz CT molecular complexity index is 733. The molecule has 0 aliphatic carbocycles. The molecule has 2 aromatic rings. The van der Waals surface area contributed by atoms with E-state index in [1.165, 1.54) is 0 Å². The highest BCUT2D eigenvalue weighted by Crippen LogP contribution is 2.26. The molecule has 6 heteroatoms. The van der Waals surface area contributed by atoms with Gasteiger partial charge in [-0.25, -0.2) is 0 Å². The van der Waals surface area contributed by atoms with E-state index in [1.54, 1.807) is 12.1 Å². The molecule has 0 fully saturated rings. The summed E-state index contributed by atoms with van der Waals surface area (Å²) in [5, 5.41) is 5.35. The minimum atomic E-state index is -0.336. The first-order valence-electron chi connectivity index (χ1n) is 7.37. The maximum Gasteiger partial charge on any atom is 0.270 e. The molecule has 0 saturated carbocycles. The largest absolute Gasteiger partial charge is 0.397 e. The van der Waals surface area contributed by atoms with Crippen LogP contribution in [0.2, 0.25) is 0 Å². The third-order valence-electron chi connectivity index (χ3n) is 3.70. The monoisotopic (exact) mass is 290 g/mol. The van der Waals surface area contributed by atoms with E-state index in [2.05, 4.69) is 28.9 Å². The lowest BCUT2D eigenvalue weighted by atomic mass is 10.1. The fourth-order valence-electron chi connectivity index (χ4n) is 2.50. The quantitative estimate of drug-likeness (QED) is 0.558. The van der Waals surface area contributed by atoms with Gasteiger partial charge < -0.3 is 10.6 Å². The lowest BCUT2D eigenvalue weighted by Crippen LogP contribution is -2.26. The van der Waals surface area contributed by atoms with Crippen LogP contribution in [0.1, 0.15) is 33.1 Å². The highest BCUT2D eigenvalue weighted by Gasteiger charge is 2.12. The van der Waals surface area contributed by atoms with Crippen molar-refractivity contribution in [3.8, 4) is 0 Å². The van der Waals surface area contributed by atoms with Gasteiger partial charge in [0.1, 0.15) is 0 Å². The van der Waals surface area contributed by atoms with Gasteiger partial charge in [0, 0.05) is 13.1 Å². The number of nitrogens with two attached hydrogens (primary N) is 1. The summed E-state index contributed by atoms with van der Waals surface area (Å²) < 4.78 is 0. The lowest BCUT2D eigenvalue weighted by Gasteiger charge is -2.25. The smallest absolute Gasteiger partial charge is 0.270 e. The summed E-state index contributed by atoms with van der Waals surface area (Å²) in [6.45, 7) is 5.91. The Hall–Kier alpha value is -2.24. The molecule has 1 aromatic heterocycles. The van der Waals surface area contributed by atoms with Crippen LogP contribution in [-0.4, -0.2) is 23.3 Å². The zero-order valence-corrected chi connectivity index (χ0v) is 12.5. The molecule has 21 heavy (non-hydrogen) atoms. The first-order chi connectivity index (χ1) is 10.1. The Morgan fingerprint density at radius 1 is 1.05 bits per heavy atom. The van der Waals surface area contributed by atoms with Crippen molar-refractivity contribution in [2.45, 2.75) is 33.1 Å². The molecule has 2 rings (SSSR count). The molecular formula is C15H22N4O2. The summed E-state index contributed by atoms with van der Waals surface area (Å²) in [5.41, 5.74) is 6.78. The zero-order chi connectivity index (χ0) is 15.4. The SMILES string of the molecule is CCCCCN(CC)c1cc2c(=O)[nH][nH]c(=O)c2cc1N. The molecule has 4 N–H and O–H groups in total. The third-order valence-corrected chi connectivity index (χ3v) is 3.70. The second kappa shape index (κ2) is 6.47. The van der Waals surface area contributed by atoms with Gasteiger partial charge in [-0.2, -0.15) is 0 Å². The number of hydrogen-bond donors (Lipinski definition) is 3. The average Bonchev–Trinajstić information content (AvgIpc) is 2.48. The minimum absolute atomic E-state index is 0.310. The van der Waals surface area contributed by atoms with Crippen LogP contribution in [0.5, 0.6) is 0 Å². The van der Waals surface area contributed by atoms with Crippen LogP contribution in [0.25, 0.3) is 10.8 Å². The summed E-state index contributed by atoms with van der Waals surface area (Å²) >= 11 is 0. The fourth-order valence-corrected chi connectivity index (χ4v) is 2.50. The molecule has 0 unspecified atom stereocenters. The van der Waals surface area contributed by atoms with E-state index in [4.69, 9.17) is 5.73 Å². The molecule has 114 valence electrons. The Labute approximate surface area is 122 Å². The topological polar surface area (TPSA) is 95.0 Å². The van der Waals surface area contributed by atoms with Crippen LogP contribution in [0.4, 0.5) is 11.4 Å². The second-order valence-electron chi connectivity index (χ2n) is 5.15. The number of nitrogens with zero attached hydrogens (tertiary/aromatic N) is 1. The molecule has 0 spiro atoms. The highest BCUT2D eigenvalue weighted by molar-refractivity contribution is 5.90. The van der Waals surface area contributed by atoms with Crippen molar-refractivity contribution in [1.29, 1.82) is 0 Å². The lowest BCUT2D eigenvalue weighted by molar-refractivity contribution is 0.686. The number of nitrogens with one attached hydrogen (secondary N) is 2. The number of aromatic nitrogens is 2. The molecule has 1 aromatic carbocycles. The number of nitrogen functional groups attached to an aromatic ring is 1. The van der Waals surface area contributed by atoms with E-state index >= 15 is 0 Å². The first-order valence-corrected chi connectivity index (χ1v) is 7.37. The van der Waals surface area contributed by atoms with E-state index in [-0.39, 0.29) is 11.1 Å². The van der Waals surface area contributed by atoms with Crippen molar-refractivity contribution >= 4 is 22.1 Å². The highest BCUT2D eigenvalue weighted by atomic mass is 16.1. The van der Waals surface area contributed by atoms with Gasteiger partial charge in [0.2, 0.25) is 0 Å². The van der Waals surface area contributed by atoms with Crippen LogP contribution in [0, 0.1) is 0 Å². The maximum absolute atomic E-state index is 11.9. The van der Waals surface area contributed by atoms with Gasteiger partial charge in [-0.1, -0.05) is 19.8 Å². The first kappa shape index (κ1) is 15.2. The van der Waals surface area contributed by atoms with Gasteiger partial charge in [0.05, 0.1) is 22.1 Å². The van der Waals surface area contributed by atoms with E-state index in [0.29, 0.717) is 16.5 Å². The van der Waals surface area contributed by atoms with Crippen molar-refractivity contribution in [2.75, 3.05) is 23.7 Å². The van der Waals surface area contributed by atoms with E-state index in [0.717, 1.165) is 38.0 Å². The van der Waals surface area contributed by atoms with Crippen LogP contribution in [0.15, 0.2) is 21.7 Å². The van der Waals surface area contributed by atoms with E-state index in [1.807, 2.05) is 0 Å². The molecule has 0 aliphatic heterocycles. The molecule has 1 heterocycles. The summed E-state index contributed by atoms with van der Waals surface area (Å²) in [7, 11) is 0. The van der Waals surface area contributed by atoms with Crippen molar-refractivity contribution in [2.24, 2.45) is 0 Å². The molecule has 6 nitrogen and oxygen atoms in total. The second-order valence-corrected chi connectivity index (χ2v) is 5.15. The molecule has 0 atom stereocenters. The Balaban J connectivity index is 2.48. The van der Waals surface area contributed by atoms with Gasteiger partial charge in [-0.3, -0.25) is 19.8 Å². The number of rotatable bonds is 6. The standard InChI is InChI=1S/C15H22N4O2/c1-3-5-6-7-19(4-2)13-9-11-10(8-12(13)16)14(20)17-18-15(11)21/h8-9H,3-7,16H2,1-2H3,(H,17,20)(H,18,21). The Kier molecular flexibility index (Phi) is 4.67. The summed E-state index contributed by atoms with van der Waals surface area (Å²) in [4.78, 5) is 25.8. The van der Waals surface area contributed by atoms with Crippen molar-refractivity contribution in [3.63, 3.8) is 0 Å². The predicted molar refractivity (Wildman–Crippen MR) is 87.0 cm³/mol. The Morgan fingerprint density at radius 3 is 2.24 bits per heavy atom. The van der Waals surface area contributed by atoms with Crippen molar-refractivity contribution in [1.82, 2.24) is 10.2 Å². The van der Waals surface area contributed by atoms with Gasteiger partial charge in [-0.15, -0.1) is 0 Å². The maximum atomic E-state index is 11.9. The summed E-state index contributed by atoms with van der Waals surface area (Å²) in [6.07, 6.45) is 3.39. The van der Waals surface area contributed by atoms with E-state index in [9.17, 15) is 9.59 Å². The van der Waals surface area contributed by atoms with Crippen LogP contribution in [-0.2, 0) is 0 Å². The van der Waals surface area contributed by atoms with Crippen molar-refractivity contribution in [3.05, 3.63) is 32.8 Å². The van der Waals surface area contributed by atoms with Crippen LogP contribution >= 0.6 is 0 Å². The van der Waals surface area contributed by atoms with Crippen LogP contribution in [0.3, 0.4) is 0 Å². The summed E-state index contributed by atoms with van der Waals surface area (Å²) in [6, 6.07) is 3.30. The molecule has 0 aliphatic rings. The number of unbranched alkanes of at least 4 members (excludes halogenated alkanes) is 2. The van der Waals surface area contributed by atoms with Gasteiger partial charge in [-0.05, 0) is 25.5 Å². The normalized spacial score (nSPS) is 11.0.